The molecule has 0 aromatic rings. The van der Waals surface area contributed by atoms with Crippen molar-refractivity contribution < 1.29 is 22.7 Å². The van der Waals surface area contributed by atoms with Gasteiger partial charge < -0.3 is 4.74 Å². The first-order valence-electron chi connectivity index (χ1n) is 2.69. The van der Waals surface area contributed by atoms with Crippen LogP contribution in [-0.2, 0) is 9.53 Å². The van der Waals surface area contributed by atoms with Gasteiger partial charge in [0.25, 0.3) is 0 Å². The summed E-state index contributed by atoms with van der Waals surface area (Å²) in [6, 6.07) is 0. The molecule has 0 heterocycles. The first kappa shape index (κ1) is 11.1. The molecule has 0 radical (unpaired) electrons. The molecule has 0 aliphatic heterocycles. The number of rotatable bonds is 2. The molecule has 0 amide bonds. The predicted molar refractivity (Wildman–Crippen MR) is 35.3 cm³/mol. The number of esters is 1. The van der Waals surface area contributed by atoms with Crippen molar-refractivity contribution in [2.24, 2.45) is 0 Å². The second-order valence-corrected chi connectivity index (χ2v) is 2.16. The minimum Gasteiger partial charge on any atom is -0.426 e. The van der Waals surface area contributed by atoms with E-state index in [1.165, 1.54) is 5.73 Å². The average Bonchev–Trinajstić information content (AvgIpc) is 1.84. The van der Waals surface area contributed by atoms with Crippen molar-refractivity contribution in [2.75, 3.05) is 0 Å². The number of halogens is 4. The molecule has 0 aliphatic carbocycles. The van der Waals surface area contributed by atoms with Gasteiger partial charge in [0.15, 0.2) is 0 Å². The van der Waals surface area contributed by atoms with Gasteiger partial charge in [-0.3, -0.25) is 4.79 Å². The van der Waals surface area contributed by atoms with E-state index in [4.69, 9.17) is 0 Å². The third-order valence-electron chi connectivity index (χ3n) is 0.659. The minimum atomic E-state index is -4.11. The Morgan fingerprint density at radius 1 is 1.67 bits per heavy atom. The number of carbonyl (C=O) groups is 1. The van der Waals surface area contributed by atoms with Crippen LogP contribution < -0.4 is 0 Å². The van der Waals surface area contributed by atoms with E-state index in [0.29, 0.717) is 6.26 Å². The van der Waals surface area contributed by atoms with Crippen molar-refractivity contribution in [3.63, 3.8) is 0 Å². The van der Waals surface area contributed by atoms with E-state index in [1.807, 2.05) is 0 Å². The molecular formula is C6H4ClF3O2. The summed E-state index contributed by atoms with van der Waals surface area (Å²) in [5.74, 6) is -2.78. The summed E-state index contributed by atoms with van der Waals surface area (Å²) in [5.41, 5.74) is 1.35. The third-order valence-corrected chi connectivity index (χ3v) is 0.825. The van der Waals surface area contributed by atoms with Gasteiger partial charge in [0, 0.05) is 6.92 Å². The lowest BCUT2D eigenvalue weighted by Crippen LogP contribution is -2.04. The highest BCUT2D eigenvalue weighted by atomic mass is 35.5. The Hall–Kier alpha value is -0.930. The van der Waals surface area contributed by atoms with Crippen molar-refractivity contribution in [1.82, 2.24) is 0 Å². The van der Waals surface area contributed by atoms with Gasteiger partial charge in [-0.1, -0.05) is 0 Å². The second-order valence-electron chi connectivity index (χ2n) is 1.68. The molecule has 6 heteroatoms. The number of alkyl halides is 3. The molecule has 68 valence electrons. The fourth-order valence-electron chi connectivity index (χ4n) is 0.246. The summed E-state index contributed by atoms with van der Waals surface area (Å²) in [4.78, 5) is 10.0. The van der Waals surface area contributed by atoms with Gasteiger partial charge in [0.05, 0.1) is 0 Å². The fourth-order valence-corrected chi connectivity index (χ4v) is 0.301. The SMILES string of the molecule is CC(=O)OC=C=C(F)C(F)(F)Cl. The molecule has 0 bridgehead atoms. The number of carbonyl (C=O) groups excluding carboxylic acids is 1. The third kappa shape index (κ3) is 4.82. The molecule has 0 spiro atoms. The van der Waals surface area contributed by atoms with Gasteiger partial charge in [-0.25, -0.2) is 0 Å². The normalized spacial score (nSPS) is 10.1. The molecule has 0 aromatic heterocycles. The van der Waals surface area contributed by atoms with E-state index in [-0.39, 0.29) is 0 Å². The first-order chi connectivity index (χ1) is 5.34. The van der Waals surface area contributed by atoms with Crippen LogP contribution in [0.25, 0.3) is 0 Å². The summed E-state index contributed by atoms with van der Waals surface area (Å²) in [7, 11) is 0. The van der Waals surface area contributed by atoms with E-state index in [2.05, 4.69) is 16.3 Å². The molecule has 0 atom stereocenters. The zero-order valence-corrected chi connectivity index (χ0v) is 6.66. The van der Waals surface area contributed by atoms with E-state index in [1.54, 1.807) is 0 Å². The summed E-state index contributed by atoms with van der Waals surface area (Å²) in [6.45, 7) is 1.02. The van der Waals surface area contributed by atoms with Gasteiger partial charge >= 0.3 is 11.4 Å². The van der Waals surface area contributed by atoms with Crippen LogP contribution in [0.5, 0.6) is 0 Å². The molecule has 0 aliphatic rings. The van der Waals surface area contributed by atoms with Crippen molar-refractivity contribution in [3.05, 3.63) is 17.8 Å². The maximum Gasteiger partial charge on any atom is 0.381 e. The number of hydrogen-bond donors (Lipinski definition) is 0. The van der Waals surface area contributed by atoms with E-state index in [9.17, 15) is 18.0 Å². The van der Waals surface area contributed by atoms with Crippen LogP contribution in [0.4, 0.5) is 13.2 Å². The van der Waals surface area contributed by atoms with Crippen LogP contribution in [0.1, 0.15) is 6.92 Å². The van der Waals surface area contributed by atoms with Crippen LogP contribution in [0.15, 0.2) is 17.8 Å². The molecule has 0 rings (SSSR count). The van der Waals surface area contributed by atoms with Crippen molar-refractivity contribution >= 4 is 17.6 Å². The van der Waals surface area contributed by atoms with Crippen molar-refractivity contribution in [3.8, 4) is 0 Å². The van der Waals surface area contributed by atoms with Crippen LogP contribution in [0.3, 0.4) is 0 Å². The maximum atomic E-state index is 12.1. The van der Waals surface area contributed by atoms with Crippen LogP contribution in [0.2, 0.25) is 0 Å². The van der Waals surface area contributed by atoms with Gasteiger partial charge in [-0.05, 0) is 17.3 Å². The largest absolute Gasteiger partial charge is 0.426 e. The van der Waals surface area contributed by atoms with Gasteiger partial charge in [-0.2, -0.15) is 13.2 Å². The van der Waals surface area contributed by atoms with Crippen molar-refractivity contribution in [1.29, 1.82) is 0 Å². The molecular weight excluding hydrogens is 197 g/mol. The quantitative estimate of drug-likeness (QED) is 0.296. The molecule has 0 aromatic carbocycles. The lowest BCUT2D eigenvalue weighted by molar-refractivity contribution is -0.135. The number of ether oxygens (including phenoxy) is 1. The lowest BCUT2D eigenvalue weighted by atomic mass is 10.6. The Kier molecular flexibility index (Phi) is 3.86. The Morgan fingerprint density at radius 2 is 2.17 bits per heavy atom. The predicted octanol–water partition coefficient (Wildman–Crippen LogP) is 2.35. The van der Waals surface area contributed by atoms with Gasteiger partial charge in [0.1, 0.15) is 6.26 Å². The molecule has 0 saturated heterocycles. The molecule has 0 saturated carbocycles. The van der Waals surface area contributed by atoms with Crippen molar-refractivity contribution in [2.45, 2.75) is 12.3 Å². The number of allylic oxidation sites excluding steroid dienone is 1. The van der Waals surface area contributed by atoms with Gasteiger partial charge in [-0.15, -0.1) is 0 Å². The van der Waals surface area contributed by atoms with E-state index in [0.717, 1.165) is 6.92 Å². The smallest absolute Gasteiger partial charge is 0.381 e. The lowest BCUT2D eigenvalue weighted by Gasteiger charge is -1.99. The van der Waals surface area contributed by atoms with Crippen LogP contribution in [0, 0.1) is 0 Å². The monoisotopic (exact) mass is 200 g/mol. The Balaban J connectivity index is 4.35. The minimum absolute atomic E-state index is 0.369. The Labute approximate surface area is 71.3 Å². The first-order valence-corrected chi connectivity index (χ1v) is 3.07. The molecule has 0 N–H and O–H groups in total. The summed E-state index contributed by atoms with van der Waals surface area (Å²) < 4.78 is 39.6. The summed E-state index contributed by atoms with van der Waals surface area (Å²) in [5, 5.41) is -4.11. The Morgan fingerprint density at radius 3 is 2.50 bits per heavy atom. The van der Waals surface area contributed by atoms with E-state index >= 15 is 0 Å². The molecule has 0 fully saturated rings. The molecule has 0 unspecified atom stereocenters. The average molecular weight is 201 g/mol. The highest BCUT2D eigenvalue weighted by Crippen LogP contribution is 2.28. The van der Waals surface area contributed by atoms with E-state index < -0.39 is 17.2 Å². The standard InChI is InChI=1S/C6H4ClF3O2/c1-4(11)12-3-2-5(8)6(7,9)10/h3H,1H3. The van der Waals surface area contributed by atoms with Crippen LogP contribution >= 0.6 is 11.6 Å². The summed E-state index contributed by atoms with van der Waals surface area (Å²) >= 11 is 4.23. The van der Waals surface area contributed by atoms with Crippen LogP contribution in [-0.4, -0.2) is 11.4 Å². The topological polar surface area (TPSA) is 26.3 Å². The molecule has 2 nitrogen and oxygen atoms in total. The van der Waals surface area contributed by atoms with Gasteiger partial charge in [0.2, 0.25) is 5.83 Å². The second kappa shape index (κ2) is 4.18. The highest BCUT2D eigenvalue weighted by Gasteiger charge is 2.31. The highest BCUT2D eigenvalue weighted by molar-refractivity contribution is 6.23. The zero-order valence-electron chi connectivity index (χ0n) is 5.91. The zero-order chi connectivity index (χ0) is 9.78. The molecule has 12 heavy (non-hydrogen) atoms. The Bertz CT molecular complexity index is 238. The number of hydrogen-bond acceptors (Lipinski definition) is 2. The summed E-state index contributed by atoms with van der Waals surface area (Å²) in [6.07, 6.45) is 0.369. The fraction of sp³-hybridized carbons (Fsp3) is 0.333. The maximum absolute atomic E-state index is 12.1.